The number of hydrogen-bond donors (Lipinski definition) is 3. The van der Waals surface area contributed by atoms with Crippen LogP contribution in [-0.4, -0.2) is 45.0 Å². The first-order valence-electron chi connectivity index (χ1n) is 11.5. The van der Waals surface area contributed by atoms with Gasteiger partial charge >= 0.3 is 0 Å². The SMILES string of the molecule is Cc1ncc(Nc2cc(C#N)cc(C(C)(C)C)c2)cc1-n1cc(C(=O)NC2CCNCC2)nn1. The van der Waals surface area contributed by atoms with Gasteiger partial charge in [-0.15, -0.1) is 5.10 Å². The molecule has 0 bridgehead atoms. The highest BCUT2D eigenvalue weighted by atomic mass is 16.2. The molecule has 0 spiro atoms. The molecule has 34 heavy (non-hydrogen) atoms. The van der Waals surface area contributed by atoms with Gasteiger partial charge < -0.3 is 16.0 Å². The fourth-order valence-electron chi connectivity index (χ4n) is 3.90. The van der Waals surface area contributed by atoms with Crippen LogP contribution in [0, 0.1) is 18.3 Å². The number of nitriles is 1. The Labute approximate surface area is 199 Å². The number of aryl methyl sites for hydroxylation is 1. The molecule has 0 unspecified atom stereocenters. The van der Waals surface area contributed by atoms with Crippen molar-refractivity contribution in [1.29, 1.82) is 5.26 Å². The van der Waals surface area contributed by atoms with Crippen LogP contribution in [0.4, 0.5) is 11.4 Å². The summed E-state index contributed by atoms with van der Waals surface area (Å²) in [6.45, 7) is 10.0. The highest BCUT2D eigenvalue weighted by Gasteiger charge is 2.20. The number of benzene rings is 1. The van der Waals surface area contributed by atoms with E-state index in [1.54, 1.807) is 17.1 Å². The van der Waals surface area contributed by atoms with Crippen LogP contribution in [0.25, 0.3) is 5.69 Å². The van der Waals surface area contributed by atoms with Gasteiger partial charge in [0.2, 0.25) is 0 Å². The van der Waals surface area contributed by atoms with Gasteiger partial charge in [0.25, 0.3) is 5.91 Å². The molecule has 2 aromatic heterocycles. The van der Waals surface area contributed by atoms with Gasteiger partial charge in [0.05, 0.1) is 41.1 Å². The summed E-state index contributed by atoms with van der Waals surface area (Å²) < 4.78 is 1.57. The standard InChI is InChI=1S/C25H30N8O/c1-16-23(33-15-22(31-32-33)24(34)30-19-5-7-27-8-6-19)12-21(14-28-16)29-20-10-17(13-26)9-18(11-20)25(2,3)4/h9-12,14-15,19,27,29H,5-8H2,1-4H3,(H,30,34). The van der Waals surface area contributed by atoms with Crippen molar-refractivity contribution < 1.29 is 4.79 Å². The predicted molar refractivity (Wildman–Crippen MR) is 130 cm³/mol. The fraction of sp³-hybridized carbons (Fsp3) is 0.400. The quantitative estimate of drug-likeness (QED) is 0.536. The number of nitrogens with zero attached hydrogens (tertiary/aromatic N) is 5. The summed E-state index contributed by atoms with van der Waals surface area (Å²) in [7, 11) is 0. The van der Waals surface area contributed by atoms with E-state index >= 15 is 0 Å². The summed E-state index contributed by atoms with van der Waals surface area (Å²) in [4.78, 5) is 17.1. The molecule has 0 radical (unpaired) electrons. The Bertz CT molecular complexity index is 1230. The molecule has 3 heterocycles. The summed E-state index contributed by atoms with van der Waals surface area (Å²) in [5.41, 5.74) is 4.85. The Hall–Kier alpha value is -3.77. The molecule has 0 atom stereocenters. The number of rotatable bonds is 5. The second-order valence-corrected chi connectivity index (χ2v) is 9.66. The maximum absolute atomic E-state index is 12.6. The van der Waals surface area contributed by atoms with Crippen LogP contribution in [0.1, 0.15) is 60.9 Å². The summed E-state index contributed by atoms with van der Waals surface area (Å²) >= 11 is 0. The summed E-state index contributed by atoms with van der Waals surface area (Å²) in [5, 5.41) is 27.4. The molecule has 176 valence electrons. The van der Waals surface area contributed by atoms with E-state index in [0.29, 0.717) is 11.3 Å². The second kappa shape index (κ2) is 9.61. The van der Waals surface area contributed by atoms with Gasteiger partial charge in [-0.25, -0.2) is 4.68 Å². The minimum absolute atomic E-state index is 0.0915. The molecule has 1 saturated heterocycles. The second-order valence-electron chi connectivity index (χ2n) is 9.66. The monoisotopic (exact) mass is 458 g/mol. The van der Waals surface area contributed by atoms with Crippen LogP contribution in [-0.2, 0) is 5.41 Å². The average Bonchev–Trinajstić information content (AvgIpc) is 3.30. The zero-order valence-corrected chi connectivity index (χ0v) is 20.0. The molecular formula is C25H30N8O. The van der Waals surface area contributed by atoms with Crippen molar-refractivity contribution in [2.75, 3.05) is 18.4 Å². The van der Waals surface area contributed by atoms with Gasteiger partial charge in [0.1, 0.15) is 0 Å². The molecule has 4 rings (SSSR count). The zero-order valence-electron chi connectivity index (χ0n) is 20.0. The Morgan fingerprint density at radius 1 is 1.18 bits per heavy atom. The van der Waals surface area contributed by atoms with E-state index in [0.717, 1.165) is 48.6 Å². The number of amides is 1. The van der Waals surface area contributed by atoms with Crippen molar-refractivity contribution in [3.05, 3.63) is 59.2 Å². The van der Waals surface area contributed by atoms with Crippen molar-refractivity contribution in [3.63, 3.8) is 0 Å². The van der Waals surface area contributed by atoms with Gasteiger partial charge in [0.15, 0.2) is 5.69 Å². The third kappa shape index (κ3) is 5.41. The largest absolute Gasteiger partial charge is 0.354 e. The van der Waals surface area contributed by atoms with Crippen molar-refractivity contribution in [3.8, 4) is 11.8 Å². The number of carbonyl (C=O) groups is 1. The Kier molecular flexibility index (Phi) is 6.61. The van der Waals surface area contributed by atoms with Gasteiger partial charge in [-0.1, -0.05) is 26.0 Å². The van der Waals surface area contributed by atoms with E-state index in [9.17, 15) is 10.1 Å². The Morgan fingerprint density at radius 2 is 1.94 bits per heavy atom. The molecule has 0 aliphatic carbocycles. The number of carbonyl (C=O) groups excluding carboxylic acids is 1. The lowest BCUT2D eigenvalue weighted by molar-refractivity contribution is 0.0924. The van der Waals surface area contributed by atoms with Crippen LogP contribution >= 0.6 is 0 Å². The third-order valence-electron chi connectivity index (χ3n) is 5.92. The van der Waals surface area contributed by atoms with Crippen LogP contribution in [0.15, 0.2) is 36.7 Å². The van der Waals surface area contributed by atoms with Crippen molar-refractivity contribution in [2.24, 2.45) is 0 Å². The van der Waals surface area contributed by atoms with E-state index in [1.807, 2.05) is 31.2 Å². The lowest BCUT2D eigenvalue weighted by Gasteiger charge is -2.23. The Balaban J connectivity index is 1.55. The maximum atomic E-state index is 12.6. The first kappa shape index (κ1) is 23.4. The van der Waals surface area contributed by atoms with Gasteiger partial charge in [0, 0.05) is 11.7 Å². The molecule has 1 amide bonds. The van der Waals surface area contributed by atoms with Crippen molar-refractivity contribution in [2.45, 2.75) is 52.0 Å². The molecule has 3 aromatic rings. The molecule has 0 saturated carbocycles. The smallest absolute Gasteiger partial charge is 0.273 e. The van der Waals surface area contributed by atoms with E-state index in [2.05, 4.69) is 58.1 Å². The third-order valence-corrected chi connectivity index (χ3v) is 5.92. The predicted octanol–water partition coefficient (Wildman–Crippen LogP) is 3.37. The van der Waals surface area contributed by atoms with Gasteiger partial charge in [-0.05, 0) is 68.1 Å². The number of hydrogen-bond acceptors (Lipinski definition) is 7. The Morgan fingerprint density at radius 3 is 2.65 bits per heavy atom. The van der Waals surface area contributed by atoms with Crippen LogP contribution in [0.3, 0.4) is 0 Å². The topological polar surface area (TPSA) is 121 Å². The van der Waals surface area contributed by atoms with Gasteiger partial charge in [-0.2, -0.15) is 5.26 Å². The molecule has 1 aromatic carbocycles. The molecule has 1 fully saturated rings. The number of piperidine rings is 1. The average molecular weight is 459 g/mol. The highest BCUT2D eigenvalue weighted by Crippen LogP contribution is 2.28. The van der Waals surface area contributed by atoms with E-state index in [-0.39, 0.29) is 23.1 Å². The van der Waals surface area contributed by atoms with Crippen molar-refractivity contribution in [1.82, 2.24) is 30.6 Å². The number of aromatic nitrogens is 4. The van der Waals surface area contributed by atoms with E-state index in [4.69, 9.17) is 0 Å². The summed E-state index contributed by atoms with van der Waals surface area (Å²) in [5.74, 6) is -0.221. The van der Waals surface area contributed by atoms with Crippen LogP contribution in [0.2, 0.25) is 0 Å². The first-order valence-corrected chi connectivity index (χ1v) is 11.5. The summed E-state index contributed by atoms with van der Waals surface area (Å²) in [6, 6.07) is 10.1. The maximum Gasteiger partial charge on any atom is 0.273 e. The molecule has 3 N–H and O–H groups in total. The number of pyridine rings is 1. The number of nitrogens with one attached hydrogen (secondary N) is 3. The van der Waals surface area contributed by atoms with Crippen LogP contribution in [0.5, 0.6) is 0 Å². The van der Waals surface area contributed by atoms with Crippen molar-refractivity contribution >= 4 is 17.3 Å². The van der Waals surface area contributed by atoms with E-state index in [1.165, 1.54) is 0 Å². The lowest BCUT2D eigenvalue weighted by atomic mass is 9.86. The fourth-order valence-corrected chi connectivity index (χ4v) is 3.90. The van der Waals surface area contributed by atoms with Gasteiger partial charge in [-0.3, -0.25) is 9.78 Å². The lowest BCUT2D eigenvalue weighted by Crippen LogP contribution is -2.42. The molecule has 1 aliphatic heterocycles. The molecular weight excluding hydrogens is 428 g/mol. The normalized spacial score (nSPS) is 14.4. The number of anilines is 2. The molecule has 9 nitrogen and oxygen atoms in total. The van der Waals surface area contributed by atoms with Crippen LogP contribution < -0.4 is 16.0 Å². The minimum Gasteiger partial charge on any atom is -0.354 e. The zero-order chi connectivity index (χ0) is 24.3. The molecule has 1 aliphatic rings. The first-order chi connectivity index (χ1) is 16.2. The highest BCUT2D eigenvalue weighted by molar-refractivity contribution is 5.92. The molecule has 9 heteroatoms. The minimum atomic E-state index is -0.221. The van der Waals surface area contributed by atoms with E-state index < -0.39 is 0 Å². The summed E-state index contributed by atoms with van der Waals surface area (Å²) in [6.07, 6.45) is 5.16.